The van der Waals surface area contributed by atoms with Crippen molar-refractivity contribution in [3.63, 3.8) is 0 Å². The van der Waals surface area contributed by atoms with Gasteiger partial charge >= 0.3 is 0 Å². The van der Waals surface area contributed by atoms with Gasteiger partial charge in [0.05, 0.1) is 0 Å². The van der Waals surface area contributed by atoms with E-state index in [0.29, 0.717) is 11.6 Å². The van der Waals surface area contributed by atoms with Crippen LogP contribution in [-0.4, -0.2) is 29.6 Å². The molecule has 1 saturated heterocycles. The summed E-state index contributed by atoms with van der Waals surface area (Å²) in [6.45, 7) is 8.23. The van der Waals surface area contributed by atoms with Crippen molar-refractivity contribution in [2.24, 2.45) is 5.92 Å². The molecule has 0 bridgehead atoms. The van der Waals surface area contributed by atoms with Crippen LogP contribution in [0.15, 0.2) is 17.5 Å². The molecule has 1 saturated carbocycles. The number of thiophene rings is 1. The molecule has 1 N–H and O–H groups in total. The molecule has 0 radical (unpaired) electrons. The Morgan fingerprint density at radius 2 is 2.35 bits per heavy atom. The zero-order chi connectivity index (χ0) is 11.9. The summed E-state index contributed by atoms with van der Waals surface area (Å²) in [6.07, 6.45) is 2.85. The minimum Gasteiger partial charge on any atom is -0.311 e. The van der Waals surface area contributed by atoms with E-state index in [-0.39, 0.29) is 0 Å². The Labute approximate surface area is 108 Å². The fraction of sp³-hybridized carbons (Fsp3) is 0.714. The number of hydrogen-bond acceptors (Lipinski definition) is 3. The van der Waals surface area contributed by atoms with Crippen LogP contribution in [0, 0.1) is 5.92 Å². The molecule has 1 aliphatic carbocycles. The Morgan fingerprint density at radius 1 is 1.53 bits per heavy atom. The third kappa shape index (κ3) is 2.28. The van der Waals surface area contributed by atoms with Gasteiger partial charge < -0.3 is 5.32 Å². The van der Waals surface area contributed by atoms with E-state index in [1.54, 1.807) is 0 Å². The molecule has 17 heavy (non-hydrogen) atoms. The normalized spacial score (nSPS) is 35.1. The summed E-state index contributed by atoms with van der Waals surface area (Å²) in [5.74, 6) is 0.919. The van der Waals surface area contributed by atoms with Crippen molar-refractivity contribution in [3.05, 3.63) is 22.4 Å². The maximum absolute atomic E-state index is 3.67. The third-order valence-electron chi connectivity index (χ3n) is 4.41. The first kappa shape index (κ1) is 11.7. The highest BCUT2D eigenvalue weighted by molar-refractivity contribution is 7.09. The van der Waals surface area contributed by atoms with Gasteiger partial charge in [-0.1, -0.05) is 6.07 Å². The van der Waals surface area contributed by atoms with E-state index in [1.165, 1.54) is 24.3 Å². The van der Waals surface area contributed by atoms with Crippen LogP contribution in [-0.2, 0) is 6.54 Å². The first-order valence-corrected chi connectivity index (χ1v) is 7.57. The molecule has 1 aliphatic heterocycles. The van der Waals surface area contributed by atoms with Crippen LogP contribution in [0.1, 0.15) is 31.6 Å². The lowest BCUT2D eigenvalue weighted by molar-refractivity contribution is 0.0320. The summed E-state index contributed by atoms with van der Waals surface area (Å²) in [6, 6.07) is 5.06. The average Bonchev–Trinajstić information content (AvgIpc) is 3.05. The van der Waals surface area contributed by atoms with E-state index in [1.807, 2.05) is 11.3 Å². The summed E-state index contributed by atoms with van der Waals surface area (Å²) < 4.78 is 0. The largest absolute Gasteiger partial charge is 0.311 e. The Morgan fingerprint density at radius 3 is 3.00 bits per heavy atom. The van der Waals surface area contributed by atoms with Crippen LogP contribution < -0.4 is 5.32 Å². The second-order valence-electron chi connectivity index (χ2n) is 5.87. The van der Waals surface area contributed by atoms with Gasteiger partial charge in [-0.2, -0.15) is 0 Å². The topological polar surface area (TPSA) is 15.3 Å². The van der Waals surface area contributed by atoms with Crippen LogP contribution >= 0.6 is 11.3 Å². The lowest BCUT2D eigenvalue weighted by Crippen LogP contribution is -2.63. The van der Waals surface area contributed by atoms with E-state index in [4.69, 9.17) is 0 Å². The van der Waals surface area contributed by atoms with Crippen molar-refractivity contribution < 1.29 is 0 Å². The molecule has 94 valence electrons. The highest BCUT2D eigenvalue weighted by Crippen LogP contribution is 2.44. The molecule has 2 nitrogen and oxygen atoms in total. The predicted molar refractivity (Wildman–Crippen MR) is 73.3 cm³/mol. The van der Waals surface area contributed by atoms with E-state index in [9.17, 15) is 0 Å². The van der Waals surface area contributed by atoms with Crippen molar-refractivity contribution in [2.45, 2.75) is 44.8 Å². The minimum atomic E-state index is 0.385. The van der Waals surface area contributed by atoms with Gasteiger partial charge in [0.25, 0.3) is 0 Å². The fourth-order valence-electron chi connectivity index (χ4n) is 3.04. The third-order valence-corrected chi connectivity index (χ3v) is 5.27. The predicted octanol–water partition coefficient (Wildman–Crippen LogP) is 2.71. The molecule has 2 unspecified atom stereocenters. The highest BCUT2D eigenvalue weighted by atomic mass is 32.1. The Hall–Kier alpha value is -0.380. The zero-order valence-corrected chi connectivity index (χ0v) is 11.6. The Balaban J connectivity index is 1.77. The van der Waals surface area contributed by atoms with Gasteiger partial charge in [-0.3, -0.25) is 4.90 Å². The smallest absolute Gasteiger partial charge is 0.0338 e. The number of nitrogens with one attached hydrogen (secondary N) is 1. The molecule has 3 heteroatoms. The van der Waals surface area contributed by atoms with E-state index in [2.05, 4.69) is 41.6 Å². The Kier molecular flexibility index (Phi) is 3.01. The SMILES string of the molecule is CC1CN(Cc2cccs2)C(C)(C2CC2)CN1. The van der Waals surface area contributed by atoms with E-state index >= 15 is 0 Å². The van der Waals surface area contributed by atoms with Gasteiger partial charge in [0, 0.05) is 36.1 Å². The van der Waals surface area contributed by atoms with Crippen molar-refractivity contribution in [1.29, 1.82) is 0 Å². The van der Waals surface area contributed by atoms with Crippen LogP contribution in [0.5, 0.6) is 0 Å². The number of piperazine rings is 1. The molecule has 2 aliphatic rings. The van der Waals surface area contributed by atoms with Gasteiger partial charge in [0.2, 0.25) is 0 Å². The van der Waals surface area contributed by atoms with Crippen molar-refractivity contribution >= 4 is 11.3 Å². The van der Waals surface area contributed by atoms with Crippen molar-refractivity contribution in [3.8, 4) is 0 Å². The maximum Gasteiger partial charge on any atom is 0.0338 e. The lowest BCUT2D eigenvalue weighted by atomic mass is 9.89. The monoisotopic (exact) mass is 250 g/mol. The summed E-state index contributed by atoms with van der Waals surface area (Å²) in [4.78, 5) is 4.23. The van der Waals surface area contributed by atoms with E-state index in [0.717, 1.165) is 19.0 Å². The summed E-state index contributed by atoms with van der Waals surface area (Å²) in [7, 11) is 0. The van der Waals surface area contributed by atoms with E-state index < -0.39 is 0 Å². The Bertz CT molecular complexity index is 372. The van der Waals surface area contributed by atoms with Gasteiger partial charge in [-0.05, 0) is 44.1 Å². The zero-order valence-electron chi connectivity index (χ0n) is 10.8. The second kappa shape index (κ2) is 4.38. The van der Waals surface area contributed by atoms with Crippen LogP contribution in [0.3, 0.4) is 0 Å². The first-order chi connectivity index (χ1) is 8.18. The van der Waals surface area contributed by atoms with Gasteiger partial charge in [0.15, 0.2) is 0 Å². The first-order valence-electron chi connectivity index (χ1n) is 6.69. The van der Waals surface area contributed by atoms with Crippen LogP contribution in [0.4, 0.5) is 0 Å². The molecule has 0 aromatic carbocycles. The lowest BCUT2D eigenvalue weighted by Gasteiger charge is -2.48. The average molecular weight is 250 g/mol. The van der Waals surface area contributed by atoms with Crippen molar-refractivity contribution in [2.75, 3.05) is 13.1 Å². The quantitative estimate of drug-likeness (QED) is 0.887. The summed E-state index contributed by atoms with van der Waals surface area (Å²) in [5.41, 5.74) is 0.385. The molecule has 2 atom stereocenters. The molecule has 1 aromatic rings. The fourth-order valence-corrected chi connectivity index (χ4v) is 3.76. The highest BCUT2D eigenvalue weighted by Gasteiger charge is 2.47. The van der Waals surface area contributed by atoms with Crippen LogP contribution in [0.25, 0.3) is 0 Å². The number of nitrogens with zero attached hydrogens (tertiary/aromatic N) is 1. The minimum absolute atomic E-state index is 0.385. The van der Waals surface area contributed by atoms with Gasteiger partial charge in [-0.15, -0.1) is 11.3 Å². The maximum atomic E-state index is 3.67. The van der Waals surface area contributed by atoms with Crippen LogP contribution in [0.2, 0.25) is 0 Å². The second-order valence-corrected chi connectivity index (χ2v) is 6.91. The summed E-state index contributed by atoms with van der Waals surface area (Å²) in [5, 5.41) is 5.86. The molecule has 0 spiro atoms. The molecule has 3 rings (SSSR count). The van der Waals surface area contributed by atoms with Gasteiger partial charge in [0.1, 0.15) is 0 Å². The van der Waals surface area contributed by atoms with Gasteiger partial charge in [-0.25, -0.2) is 0 Å². The van der Waals surface area contributed by atoms with Crippen molar-refractivity contribution in [1.82, 2.24) is 10.2 Å². The number of rotatable bonds is 3. The molecule has 2 heterocycles. The molecular weight excluding hydrogens is 228 g/mol. The summed E-state index contributed by atoms with van der Waals surface area (Å²) >= 11 is 1.89. The molecule has 2 fully saturated rings. The molecule has 0 amide bonds. The standard InChI is InChI=1S/C14H22N2S/c1-11-8-16(9-13-4-3-7-17-13)14(2,10-15-11)12-5-6-12/h3-4,7,11-12,15H,5-6,8-10H2,1-2H3. The molecule has 1 aromatic heterocycles. The number of hydrogen-bond donors (Lipinski definition) is 1. The molecular formula is C14H22N2S.